The van der Waals surface area contributed by atoms with Gasteiger partial charge in [0.15, 0.2) is 0 Å². The van der Waals surface area contributed by atoms with E-state index in [1.54, 1.807) is 20.8 Å². The number of ether oxygens (including phenoxy) is 1. The van der Waals surface area contributed by atoms with E-state index in [4.69, 9.17) is 4.74 Å². The van der Waals surface area contributed by atoms with Crippen molar-refractivity contribution < 1.29 is 19.7 Å². The van der Waals surface area contributed by atoms with E-state index in [-0.39, 0.29) is 6.04 Å². The number of alkyl carbamates (subject to hydrolysis) is 1. The largest absolute Gasteiger partial charge is 0.444 e. The number of hydrogen-bond donors (Lipinski definition) is 4. The lowest BCUT2D eigenvalue weighted by molar-refractivity contribution is -0.0237. The van der Waals surface area contributed by atoms with Crippen molar-refractivity contribution in [3.05, 3.63) is 35.9 Å². The monoisotopic (exact) mass is 350 g/mol. The molecule has 0 spiro atoms. The summed E-state index contributed by atoms with van der Waals surface area (Å²) in [4.78, 5) is 12.2. The molecule has 1 aliphatic heterocycles. The molecule has 1 amide bonds. The van der Waals surface area contributed by atoms with Gasteiger partial charge in [0, 0.05) is 6.04 Å². The number of aliphatic hydroxyl groups excluding tert-OH is 2. The van der Waals surface area contributed by atoms with Gasteiger partial charge in [0.2, 0.25) is 0 Å². The summed E-state index contributed by atoms with van der Waals surface area (Å²) >= 11 is 0. The molecular formula is C19H30N2O4. The quantitative estimate of drug-likeness (QED) is 0.626. The summed E-state index contributed by atoms with van der Waals surface area (Å²) in [7, 11) is 0. The van der Waals surface area contributed by atoms with Gasteiger partial charge in [-0.15, -0.1) is 0 Å². The molecule has 1 aromatic rings. The van der Waals surface area contributed by atoms with Gasteiger partial charge < -0.3 is 25.6 Å². The van der Waals surface area contributed by atoms with E-state index in [9.17, 15) is 15.0 Å². The van der Waals surface area contributed by atoms with Gasteiger partial charge in [0.25, 0.3) is 0 Å². The summed E-state index contributed by atoms with van der Waals surface area (Å²) in [6.07, 6.45) is -0.459. The van der Waals surface area contributed by atoms with E-state index < -0.39 is 29.9 Å². The summed E-state index contributed by atoms with van der Waals surface area (Å²) in [5, 5.41) is 27.1. The highest BCUT2D eigenvalue weighted by Gasteiger charge is 2.35. The topological polar surface area (TPSA) is 90.8 Å². The third kappa shape index (κ3) is 6.30. The van der Waals surface area contributed by atoms with Crippen molar-refractivity contribution in [1.82, 2.24) is 10.6 Å². The van der Waals surface area contributed by atoms with Gasteiger partial charge in [-0.25, -0.2) is 4.79 Å². The lowest BCUT2D eigenvalue weighted by Crippen LogP contribution is -2.55. The molecule has 1 fully saturated rings. The molecule has 0 radical (unpaired) electrons. The Hall–Kier alpha value is -1.63. The third-order valence-corrected chi connectivity index (χ3v) is 4.27. The molecule has 0 saturated carbocycles. The molecule has 1 aliphatic rings. The fraction of sp³-hybridized carbons (Fsp3) is 0.632. The van der Waals surface area contributed by atoms with Crippen LogP contribution in [0.2, 0.25) is 0 Å². The van der Waals surface area contributed by atoms with E-state index in [0.717, 1.165) is 24.9 Å². The number of amides is 1. The van der Waals surface area contributed by atoms with Crippen LogP contribution in [0.3, 0.4) is 0 Å². The first-order valence-corrected chi connectivity index (χ1v) is 8.89. The minimum atomic E-state index is -1.09. The summed E-state index contributed by atoms with van der Waals surface area (Å²) < 4.78 is 5.30. The summed E-state index contributed by atoms with van der Waals surface area (Å²) in [6.45, 7) is 6.18. The number of nitrogens with one attached hydrogen (secondary N) is 2. The predicted octanol–water partition coefficient (Wildman–Crippen LogP) is 1.60. The Kier molecular flexibility index (Phi) is 6.81. The SMILES string of the molecule is CC(C)(C)OC(=O)N[C@@H](Cc1ccccc1)[C@@H](O)[C@H](O)[C@H]1CCCN1. The molecule has 25 heavy (non-hydrogen) atoms. The lowest BCUT2D eigenvalue weighted by atomic mass is 9.93. The normalized spacial score (nSPS) is 21.4. The molecule has 4 atom stereocenters. The van der Waals surface area contributed by atoms with Crippen LogP contribution in [-0.2, 0) is 11.2 Å². The second-order valence-corrected chi connectivity index (χ2v) is 7.63. The first-order chi connectivity index (χ1) is 11.8. The van der Waals surface area contributed by atoms with Crippen molar-refractivity contribution in [3.63, 3.8) is 0 Å². The predicted molar refractivity (Wildman–Crippen MR) is 96.3 cm³/mol. The molecule has 6 nitrogen and oxygen atoms in total. The summed E-state index contributed by atoms with van der Waals surface area (Å²) in [5.74, 6) is 0. The zero-order valence-electron chi connectivity index (χ0n) is 15.2. The first kappa shape index (κ1) is 19.7. The average molecular weight is 350 g/mol. The van der Waals surface area contributed by atoms with Gasteiger partial charge in [0.05, 0.1) is 12.1 Å². The fourth-order valence-electron chi connectivity index (χ4n) is 3.06. The highest BCUT2D eigenvalue weighted by atomic mass is 16.6. The smallest absolute Gasteiger partial charge is 0.407 e. The Balaban J connectivity index is 2.08. The van der Waals surface area contributed by atoms with Gasteiger partial charge in [-0.1, -0.05) is 30.3 Å². The van der Waals surface area contributed by atoms with Crippen LogP contribution < -0.4 is 10.6 Å². The number of carbonyl (C=O) groups is 1. The highest BCUT2D eigenvalue weighted by Crippen LogP contribution is 2.17. The second kappa shape index (κ2) is 8.65. The van der Waals surface area contributed by atoms with Gasteiger partial charge in [-0.3, -0.25) is 0 Å². The number of benzene rings is 1. The van der Waals surface area contributed by atoms with Crippen molar-refractivity contribution >= 4 is 6.09 Å². The van der Waals surface area contributed by atoms with E-state index >= 15 is 0 Å². The maximum Gasteiger partial charge on any atom is 0.407 e. The van der Waals surface area contributed by atoms with E-state index in [1.165, 1.54) is 0 Å². The molecule has 4 N–H and O–H groups in total. The number of rotatable bonds is 6. The standard InChI is InChI=1S/C19H30N2O4/c1-19(2,3)25-18(24)21-15(12-13-8-5-4-6-9-13)17(23)16(22)14-10-7-11-20-14/h4-6,8-9,14-17,20,22-23H,7,10-12H2,1-3H3,(H,21,24)/t14-,15+,16-,17-/m1/s1. The average Bonchev–Trinajstić information content (AvgIpc) is 3.06. The van der Waals surface area contributed by atoms with Gasteiger partial charge in [0.1, 0.15) is 11.7 Å². The summed E-state index contributed by atoms with van der Waals surface area (Å²) in [5.41, 5.74) is 0.340. The van der Waals surface area contributed by atoms with Crippen LogP contribution in [0.1, 0.15) is 39.2 Å². The molecule has 140 valence electrons. The van der Waals surface area contributed by atoms with Crippen molar-refractivity contribution in [2.45, 2.75) is 69.9 Å². The zero-order chi connectivity index (χ0) is 18.4. The van der Waals surface area contributed by atoms with Crippen molar-refractivity contribution in [3.8, 4) is 0 Å². The Bertz CT molecular complexity index is 538. The maximum absolute atomic E-state index is 12.2. The van der Waals surface area contributed by atoms with Crippen molar-refractivity contribution in [2.24, 2.45) is 0 Å². The van der Waals surface area contributed by atoms with Crippen LogP contribution in [0.15, 0.2) is 30.3 Å². The minimum absolute atomic E-state index is 0.159. The van der Waals surface area contributed by atoms with Gasteiger partial charge in [-0.2, -0.15) is 0 Å². The number of carbonyl (C=O) groups excluding carboxylic acids is 1. The first-order valence-electron chi connectivity index (χ1n) is 8.89. The number of hydrogen-bond acceptors (Lipinski definition) is 5. The molecular weight excluding hydrogens is 320 g/mol. The minimum Gasteiger partial charge on any atom is -0.444 e. The zero-order valence-corrected chi connectivity index (χ0v) is 15.2. The van der Waals surface area contributed by atoms with Crippen LogP contribution in [0.5, 0.6) is 0 Å². The van der Waals surface area contributed by atoms with Crippen molar-refractivity contribution in [2.75, 3.05) is 6.54 Å². The molecule has 0 aromatic heterocycles. The number of aliphatic hydroxyl groups is 2. The molecule has 1 aromatic carbocycles. The Labute approximate surface area is 149 Å². The molecule has 1 saturated heterocycles. The van der Waals surface area contributed by atoms with Crippen LogP contribution in [0, 0.1) is 0 Å². The lowest BCUT2D eigenvalue weighted by Gasteiger charge is -2.31. The van der Waals surface area contributed by atoms with Gasteiger partial charge >= 0.3 is 6.09 Å². The van der Waals surface area contributed by atoms with Gasteiger partial charge in [-0.05, 0) is 52.1 Å². The van der Waals surface area contributed by atoms with Crippen LogP contribution in [0.4, 0.5) is 4.79 Å². The molecule has 0 unspecified atom stereocenters. The maximum atomic E-state index is 12.2. The fourth-order valence-corrected chi connectivity index (χ4v) is 3.06. The summed E-state index contributed by atoms with van der Waals surface area (Å²) in [6, 6.07) is 8.77. The van der Waals surface area contributed by atoms with E-state index in [1.807, 2.05) is 30.3 Å². The van der Waals surface area contributed by atoms with Crippen LogP contribution in [-0.4, -0.2) is 52.7 Å². The Morgan fingerprint density at radius 3 is 2.56 bits per heavy atom. The Morgan fingerprint density at radius 2 is 2.00 bits per heavy atom. The molecule has 1 heterocycles. The Morgan fingerprint density at radius 1 is 1.32 bits per heavy atom. The van der Waals surface area contributed by atoms with E-state index in [0.29, 0.717) is 6.42 Å². The van der Waals surface area contributed by atoms with Crippen molar-refractivity contribution in [1.29, 1.82) is 0 Å². The van der Waals surface area contributed by atoms with E-state index in [2.05, 4.69) is 10.6 Å². The van der Waals surface area contributed by atoms with Crippen LogP contribution in [0.25, 0.3) is 0 Å². The van der Waals surface area contributed by atoms with Crippen LogP contribution >= 0.6 is 0 Å². The second-order valence-electron chi connectivity index (χ2n) is 7.63. The third-order valence-electron chi connectivity index (χ3n) is 4.27. The molecule has 2 rings (SSSR count). The molecule has 6 heteroatoms. The molecule has 0 aliphatic carbocycles. The highest BCUT2D eigenvalue weighted by molar-refractivity contribution is 5.68. The molecule has 0 bridgehead atoms.